The quantitative estimate of drug-likeness (QED) is 0.462. The molecule has 7 heteroatoms. The summed E-state index contributed by atoms with van der Waals surface area (Å²) in [5.41, 5.74) is 2.21. The summed E-state index contributed by atoms with van der Waals surface area (Å²) in [6.07, 6.45) is 14.4. The lowest BCUT2D eigenvalue weighted by atomic mass is 9.47. The number of hydrogen-bond donors (Lipinski definition) is 1. The Labute approximate surface area is 231 Å². The van der Waals surface area contributed by atoms with Gasteiger partial charge in [-0.15, -0.1) is 0 Å². The van der Waals surface area contributed by atoms with Gasteiger partial charge in [-0.2, -0.15) is 0 Å². The summed E-state index contributed by atoms with van der Waals surface area (Å²) < 4.78 is 26.3. The summed E-state index contributed by atoms with van der Waals surface area (Å²) in [6, 6.07) is 0. The largest absolute Gasteiger partial charge is 0.393 e. The molecule has 1 N–H and O–H groups in total. The van der Waals surface area contributed by atoms with Gasteiger partial charge in [-0.25, -0.2) is 12.7 Å². The van der Waals surface area contributed by atoms with Crippen molar-refractivity contribution in [1.82, 2.24) is 9.21 Å². The van der Waals surface area contributed by atoms with Crippen LogP contribution in [-0.4, -0.2) is 67.2 Å². The van der Waals surface area contributed by atoms with Crippen LogP contribution in [0.2, 0.25) is 0 Å². The van der Waals surface area contributed by atoms with Crippen molar-refractivity contribution in [3.63, 3.8) is 0 Å². The summed E-state index contributed by atoms with van der Waals surface area (Å²) >= 11 is 0. The Morgan fingerprint density at radius 2 is 1.79 bits per heavy atom. The highest BCUT2D eigenvalue weighted by Gasteiger charge is 2.59. The van der Waals surface area contributed by atoms with E-state index in [9.17, 15) is 18.3 Å². The molecule has 1 saturated heterocycles. The second-order valence-corrected chi connectivity index (χ2v) is 16.7. The number of sulfonamides is 1. The van der Waals surface area contributed by atoms with Crippen molar-refractivity contribution in [1.29, 1.82) is 0 Å². The van der Waals surface area contributed by atoms with E-state index in [1.165, 1.54) is 36.4 Å². The van der Waals surface area contributed by atoms with Gasteiger partial charge in [-0.1, -0.05) is 32.4 Å². The smallest absolute Gasteiger partial charge is 0.222 e. The zero-order valence-electron chi connectivity index (χ0n) is 24.5. The highest BCUT2D eigenvalue weighted by Crippen LogP contribution is 2.67. The van der Waals surface area contributed by atoms with E-state index in [4.69, 9.17) is 0 Å². The van der Waals surface area contributed by atoms with Gasteiger partial charge in [0.2, 0.25) is 15.9 Å². The topological polar surface area (TPSA) is 77.9 Å². The maximum atomic E-state index is 13.1. The first-order valence-corrected chi connectivity index (χ1v) is 16.9. The molecule has 5 aliphatic rings. The zero-order valence-corrected chi connectivity index (χ0v) is 25.3. The molecule has 0 radical (unpaired) electrons. The van der Waals surface area contributed by atoms with Gasteiger partial charge in [0.15, 0.2) is 0 Å². The fraction of sp³-hybridized carbons (Fsp3) is 0.903. The van der Waals surface area contributed by atoms with Crippen LogP contribution in [0.25, 0.3) is 0 Å². The fourth-order valence-electron chi connectivity index (χ4n) is 10.0. The van der Waals surface area contributed by atoms with E-state index >= 15 is 0 Å². The Hall–Kier alpha value is -0.920. The summed E-state index contributed by atoms with van der Waals surface area (Å²) in [5.74, 6) is 3.75. The van der Waals surface area contributed by atoms with E-state index in [-0.39, 0.29) is 17.3 Å². The minimum atomic E-state index is -3.25. The number of fused-ring (bicyclic) bond motifs is 5. The number of aliphatic hydroxyl groups excluding tert-OH is 1. The van der Waals surface area contributed by atoms with E-state index in [0.717, 1.165) is 43.4 Å². The van der Waals surface area contributed by atoms with Crippen molar-refractivity contribution >= 4 is 15.9 Å². The molecule has 0 aromatic heterocycles. The van der Waals surface area contributed by atoms with Crippen molar-refractivity contribution in [3.05, 3.63) is 11.6 Å². The SMILES string of the molecule is C[C@H](CCC(=O)N1CCC(S(=O)(=O)N(C)C)CC1)[C@H]1CC[C@H]2[C@@H]3CC=C4C[C@@H](O)CC[C@]4(C)[C@H]3CC[C@]12C. The van der Waals surface area contributed by atoms with E-state index in [2.05, 4.69) is 26.8 Å². The summed E-state index contributed by atoms with van der Waals surface area (Å²) in [6.45, 7) is 8.58. The van der Waals surface area contributed by atoms with Crippen molar-refractivity contribution in [2.75, 3.05) is 27.2 Å². The van der Waals surface area contributed by atoms with Crippen molar-refractivity contribution in [3.8, 4) is 0 Å². The van der Waals surface area contributed by atoms with Crippen LogP contribution >= 0.6 is 0 Å². The first kappa shape index (κ1) is 28.6. The summed E-state index contributed by atoms with van der Waals surface area (Å²) in [5, 5.41) is 9.92. The van der Waals surface area contributed by atoms with Gasteiger partial charge in [0.05, 0.1) is 11.4 Å². The molecule has 1 heterocycles. The lowest BCUT2D eigenvalue weighted by Crippen LogP contribution is -2.50. The van der Waals surface area contributed by atoms with Crippen LogP contribution in [-0.2, 0) is 14.8 Å². The van der Waals surface area contributed by atoms with Gasteiger partial charge in [0.1, 0.15) is 0 Å². The second kappa shape index (κ2) is 10.5. The molecule has 0 aromatic rings. The van der Waals surface area contributed by atoms with Crippen molar-refractivity contribution in [2.24, 2.45) is 40.4 Å². The van der Waals surface area contributed by atoms with Crippen molar-refractivity contribution < 1.29 is 18.3 Å². The number of nitrogens with zero attached hydrogens (tertiary/aromatic N) is 2. The van der Waals surface area contributed by atoms with E-state index in [1.54, 1.807) is 19.7 Å². The molecule has 4 fully saturated rings. The lowest BCUT2D eigenvalue weighted by Gasteiger charge is -2.58. The van der Waals surface area contributed by atoms with Gasteiger partial charge >= 0.3 is 0 Å². The minimum absolute atomic E-state index is 0.142. The van der Waals surface area contributed by atoms with Gasteiger partial charge in [0.25, 0.3) is 0 Å². The van der Waals surface area contributed by atoms with Crippen molar-refractivity contribution in [2.45, 2.75) is 109 Å². The van der Waals surface area contributed by atoms with Crippen LogP contribution in [0.5, 0.6) is 0 Å². The van der Waals surface area contributed by atoms with Crippen LogP contribution in [0.4, 0.5) is 0 Å². The number of amides is 1. The predicted octanol–water partition coefficient (Wildman–Crippen LogP) is 5.23. The molecular formula is C31H52N2O4S. The van der Waals surface area contributed by atoms with Gasteiger partial charge in [0, 0.05) is 33.6 Å². The summed E-state index contributed by atoms with van der Waals surface area (Å²) in [4.78, 5) is 15.0. The normalized spacial score (nSPS) is 40.8. The number of rotatable bonds is 6. The first-order valence-electron chi connectivity index (χ1n) is 15.4. The predicted molar refractivity (Wildman–Crippen MR) is 152 cm³/mol. The van der Waals surface area contributed by atoms with E-state index < -0.39 is 10.0 Å². The molecule has 6 nitrogen and oxygen atoms in total. The Balaban J connectivity index is 1.17. The molecule has 216 valence electrons. The number of hydrogen-bond acceptors (Lipinski definition) is 4. The maximum Gasteiger partial charge on any atom is 0.222 e. The molecule has 0 bridgehead atoms. The highest BCUT2D eigenvalue weighted by atomic mass is 32.2. The zero-order chi connectivity index (χ0) is 27.5. The van der Waals surface area contributed by atoms with Gasteiger partial charge in [-0.3, -0.25) is 4.79 Å². The average Bonchev–Trinajstić information content (AvgIpc) is 3.24. The number of piperidine rings is 1. The number of likely N-dealkylation sites (tertiary alicyclic amines) is 1. The number of aliphatic hydroxyl groups is 1. The van der Waals surface area contributed by atoms with E-state index in [0.29, 0.717) is 55.0 Å². The molecule has 3 saturated carbocycles. The Bertz CT molecular complexity index is 1030. The van der Waals surface area contributed by atoms with Crippen LogP contribution in [0, 0.1) is 40.4 Å². The van der Waals surface area contributed by atoms with E-state index in [1.807, 2.05) is 4.90 Å². The average molecular weight is 549 g/mol. The molecule has 1 amide bonds. The third-order valence-electron chi connectivity index (χ3n) is 12.4. The standard InChI is InChI=1S/C31H52N2O4S/c1-21(6-11-29(35)33-18-14-24(15-19-33)38(36,37)32(4)5)26-9-10-27-25-8-7-22-20-23(34)12-16-30(22,2)28(25)13-17-31(26,27)3/h7,21,23-28,34H,6,8-20H2,1-5H3/t21-,23+,25+,26-,27+,28+,30+,31-/m1/s1. The Morgan fingerprint density at radius 1 is 1.08 bits per heavy atom. The third kappa shape index (κ3) is 4.81. The molecule has 1 aliphatic heterocycles. The molecule has 0 unspecified atom stereocenters. The van der Waals surface area contributed by atoms with Crippen LogP contribution in [0.15, 0.2) is 11.6 Å². The molecular weight excluding hydrogens is 496 g/mol. The molecule has 5 rings (SSSR count). The molecule has 0 aromatic carbocycles. The minimum Gasteiger partial charge on any atom is -0.393 e. The summed E-state index contributed by atoms with van der Waals surface area (Å²) in [7, 11) is -0.0535. The monoisotopic (exact) mass is 548 g/mol. The second-order valence-electron chi connectivity index (χ2n) is 14.3. The lowest BCUT2D eigenvalue weighted by molar-refractivity contribution is -0.132. The van der Waals surface area contributed by atoms with Crippen LogP contribution in [0.3, 0.4) is 0 Å². The Morgan fingerprint density at radius 3 is 2.47 bits per heavy atom. The Kier molecular flexibility index (Phi) is 7.89. The number of allylic oxidation sites excluding steroid dienone is 1. The third-order valence-corrected chi connectivity index (χ3v) is 14.7. The molecule has 4 aliphatic carbocycles. The maximum absolute atomic E-state index is 13.1. The van der Waals surface area contributed by atoms with Crippen LogP contribution in [0.1, 0.15) is 97.8 Å². The number of carbonyl (C=O) groups is 1. The van der Waals surface area contributed by atoms with Gasteiger partial charge < -0.3 is 10.0 Å². The molecule has 0 spiro atoms. The number of carbonyl (C=O) groups excluding carboxylic acids is 1. The molecule has 8 atom stereocenters. The fourth-order valence-corrected chi connectivity index (χ4v) is 11.4. The first-order chi connectivity index (χ1) is 17.9. The highest BCUT2D eigenvalue weighted by molar-refractivity contribution is 7.89. The molecule has 38 heavy (non-hydrogen) atoms. The van der Waals surface area contributed by atoms with Gasteiger partial charge in [-0.05, 0) is 111 Å². The van der Waals surface area contributed by atoms with Crippen LogP contribution < -0.4 is 0 Å².